The van der Waals surface area contributed by atoms with Crippen LogP contribution in [0.15, 0.2) is 24.5 Å². The molecule has 2 aromatic heterocycles. The number of hydrogen-bond acceptors (Lipinski definition) is 3. The first-order valence-corrected chi connectivity index (χ1v) is 5.26. The molecule has 17 heavy (non-hydrogen) atoms. The van der Waals surface area contributed by atoms with E-state index in [0.29, 0.717) is 0 Å². The summed E-state index contributed by atoms with van der Waals surface area (Å²) >= 11 is 0. The molecule has 0 aliphatic rings. The van der Waals surface area contributed by atoms with Gasteiger partial charge in [0.1, 0.15) is 6.54 Å². The van der Waals surface area contributed by atoms with Crippen LogP contribution in [0.1, 0.15) is 11.4 Å². The molecular formula is C12H13N3O2. The zero-order valence-corrected chi connectivity index (χ0v) is 9.71. The number of hydrogen-bond donors (Lipinski definition) is 1. The molecule has 2 rings (SSSR count). The van der Waals surface area contributed by atoms with Gasteiger partial charge < -0.3 is 5.11 Å². The minimum absolute atomic E-state index is 0.113. The Morgan fingerprint density at radius 2 is 2.00 bits per heavy atom. The van der Waals surface area contributed by atoms with Crippen molar-refractivity contribution in [1.82, 2.24) is 14.8 Å². The van der Waals surface area contributed by atoms with Gasteiger partial charge >= 0.3 is 5.97 Å². The molecule has 0 bridgehead atoms. The van der Waals surface area contributed by atoms with Crippen molar-refractivity contribution >= 4 is 5.97 Å². The zero-order chi connectivity index (χ0) is 12.4. The van der Waals surface area contributed by atoms with Gasteiger partial charge in [0, 0.05) is 23.7 Å². The molecule has 88 valence electrons. The maximum absolute atomic E-state index is 10.7. The molecule has 0 fully saturated rings. The van der Waals surface area contributed by atoms with Gasteiger partial charge in [-0.2, -0.15) is 5.10 Å². The highest BCUT2D eigenvalue weighted by Crippen LogP contribution is 2.25. The summed E-state index contributed by atoms with van der Waals surface area (Å²) in [6, 6.07) is 3.78. The molecule has 2 heterocycles. The molecule has 0 aliphatic heterocycles. The third kappa shape index (κ3) is 2.18. The van der Waals surface area contributed by atoms with Crippen LogP contribution in [-0.2, 0) is 11.3 Å². The summed E-state index contributed by atoms with van der Waals surface area (Å²) in [5.74, 6) is -0.892. The number of pyridine rings is 1. The number of carboxylic acid groups (broad SMARTS) is 1. The van der Waals surface area contributed by atoms with E-state index in [1.54, 1.807) is 12.4 Å². The maximum atomic E-state index is 10.7. The average molecular weight is 231 g/mol. The second-order valence-electron chi connectivity index (χ2n) is 3.83. The Morgan fingerprint density at radius 3 is 2.59 bits per heavy atom. The summed E-state index contributed by atoms with van der Waals surface area (Å²) in [6.45, 7) is 3.64. The van der Waals surface area contributed by atoms with Crippen molar-refractivity contribution in [3.8, 4) is 11.1 Å². The smallest absolute Gasteiger partial charge is 0.325 e. The van der Waals surface area contributed by atoms with E-state index in [-0.39, 0.29) is 6.54 Å². The largest absolute Gasteiger partial charge is 0.480 e. The molecule has 2 aromatic rings. The highest BCUT2D eigenvalue weighted by molar-refractivity contribution is 5.70. The molecule has 5 nitrogen and oxygen atoms in total. The van der Waals surface area contributed by atoms with Crippen LogP contribution in [0.25, 0.3) is 11.1 Å². The normalized spacial score (nSPS) is 10.5. The summed E-state index contributed by atoms with van der Waals surface area (Å²) in [6.07, 6.45) is 3.42. The van der Waals surface area contributed by atoms with E-state index >= 15 is 0 Å². The average Bonchev–Trinajstić information content (AvgIpc) is 2.54. The Kier molecular flexibility index (Phi) is 2.91. The van der Waals surface area contributed by atoms with Gasteiger partial charge in [-0.25, -0.2) is 0 Å². The molecule has 0 spiro atoms. The lowest BCUT2D eigenvalue weighted by molar-refractivity contribution is -0.137. The van der Waals surface area contributed by atoms with E-state index in [1.807, 2.05) is 26.0 Å². The van der Waals surface area contributed by atoms with E-state index in [2.05, 4.69) is 10.1 Å². The zero-order valence-electron chi connectivity index (χ0n) is 9.71. The van der Waals surface area contributed by atoms with E-state index in [0.717, 1.165) is 22.5 Å². The van der Waals surface area contributed by atoms with E-state index in [4.69, 9.17) is 5.11 Å². The van der Waals surface area contributed by atoms with E-state index < -0.39 is 5.97 Å². The Balaban J connectivity index is 2.49. The first-order chi connectivity index (χ1) is 8.09. The minimum atomic E-state index is -0.892. The van der Waals surface area contributed by atoms with Crippen LogP contribution in [0.5, 0.6) is 0 Å². The van der Waals surface area contributed by atoms with Crippen LogP contribution in [0.4, 0.5) is 0 Å². The second kappa shape index (κ2) is 4.37. The van der Waals surface area contributed by atoms with Gasteiger partial charge in [-0.05, 0) is 31.5 Å². The van der Waals surface area contributed by atoms with Gasteiger partial charge in [0.2, 0.25) is 0 Å². The fourth-order valence-electron chi connectivity index (χ4n) is 1.92. The molecule has 0 aliphatic carbocycles. The van der Waals surface area contributed by atoms with Gasteiger partial charge in [0.25, 0.3) is 0 Å². The van der Waals surface area contributed by atoms with Crippen LogP contribution >= 0.6 is 0 Å². The summed E-state index contributed by atoms with van der Waals surface area (Å²) in [4.78, 5) is 14.7. The van der Waals surface area contributed by atoms with Crippen molar-refractivity contribution in [1.29, 1.82) is 0 Å². The molecule has 0 atom stereocenters. The SMILES string of the molecule is Cc1nn(CC(=O)O)c(C)c1-c1ccncc1. The van der Waals surface area contributed by atoms with Crippen LogP contribution in [-0.4, -0.2) is 25.8 Å². The fraction of sp³-hybridized carbons (Fsp3) is 0.250. The predicted octanol–water partition coefficient (Wildman–Crippen LogP) is 1.65. The van der Waals surface area contributed by atoms with Gasteiger partial charge in [0.05, 0.1) is 5.69 Å². The third-order valence-electron chi connectivity index (χ3n) is 2.64. The summed E-state index contributed by atoms with van der Waals surface area (Å²) in [5.41, 5.74) is 3.67. The molecule has 0 radical (unpaired) electrons. The molecule has 1 N–H and O–H groups in total. The van der Waals surface area contributed by atoms with Crippen molar-refractivity contribution in [2.24, 2.45) is 0 Å². The topological polar surface area (TPSA) is 68.0 Å². The summed E-state index contributed by atoms with van der Waals surface area (Å²) in [5, 5.41) is 13.0. The second-order valence-corrected chi connectivity index (χ2v) is 3.83. The Morgan fingerprint density at radius 1 is 1.35 bits per heavy atom. The van der Waals surface area contributed by atoms with Gasteiger partial charge in [-0.15, -0.1) is 0 Å². The van der Waals surface area contributed by atoms with E-state index in [1.165, 1.54) is 4.68 Å². The number of carbonyl (C=O) groups is 1. The molecule has 0 saturated carbocycles. The van der Waals surface area contributed by atoms with Gasteiger partial charge in [0.15, 0.2) is 0 Å². The Bertz CT molecular complexity index is 546. The lowest BCUT2D eigenvalue weighted by Crippen LogP contribution is -2.11. The van der Waals surface area contributed by atoms with E-state index in [9.17, 15) is 4.79 Å². The van der Waals surface area contributed by atoms with Crippen molar-refractivity contribution in [2.45, 2.75) is 20.4 Å². The van der Waals surface area contributed by atoms with Crippen LogP contribution in [0, 0.1) is 13.8 Å². The maximum Gasteiger partial charge on any atom is 0.325 e. The third-order valence-corrected chi connectivity index (χ3v) is 2.64. The standard InChI is InChI=1S/C12H13N3O2/c1-8-12(10-3-5-13-6-4-10)9(2)15(14-8)7-11(16)17/h3-6H,7H2,1-2H3,(H,16,17). The molecule has 0 amide bonds. The Hall–Kier alpha value is -2.17. The first-order valence-electron chi connectivity index (χ1n) is 5.26. The minimum Gasteiger partial charge on any atom is -0.480 e. The number of carboxylic acids is 1. The number of aryl methyl sites for hydroxylation is 1. The molecule has 0 aromatic carbocycles. The van der Waals surface area contributed by atoms with Gasteiger partial charge in [-0.1, -0.05) is 0 Å². The monoisotopic (exact) mass is 231 g/mol. The number of aliphatic carboxylic acids is 1. The molecular weight excluding hydrogens is 218 g/mol. The molecule has 0 unspecified atom stereocenters. The first kappa shape index (κ1) is 11.3. The quantitative estimate of drug-likeness (QED) is 0.872. The number of nitrogens with zero attached hydrogens (tertiary/aromatic N) is 3. The summed E-state index contributed by atoms with van der Waals surface area (Å²) in [7, 11) is 0. The van der Waals surface area contributed by atoms with Crippen LogP contribution < -0.4 is 0 Å². The number of rotatable bonds is 3. The molecule has 0 saturated heterocycles. The highest BCUT2D eigenvalue weighted by atomic mass is 16.4. The van der Waals surface area contributed by atoms with Crippen LogP contribution in [0.3, 0.4) is 0 Å². The van der Waals surface area contributed by atoms with Crippen molar-refractivity contribution in [3.63, 3.8) is 0 Å². The van der Waals surface area contributed by atoms with Gasteiger partial charge in [-0.3, -0.25) is 14.5 Å². The van der Waals surface area contributed by atoms with Crippen molar-refractivity contribution in [3.05, 3.63) is 35.9 Å². The summed E-state index contributed by atoms with van der Waals surface area (Å²) < 4.78 is 1.51. The van der Waals surface area contributed by atoms with Crippen molar-refractivity contribution in [2.75, 3.05) is 0 Å². The number of aromatic nitrogens is 3. The van der Waals surface area contributed by atoms with Crippen LogP contribution in [0.2, 0.25) is 0 Å². The van der Waals surface area contributed by atoms with Crippen molar-refractivity contribution < 1.29 is 9.90 Å². The fourth-order valence-corrected chi connectivity index (χ4v) is 1.92. The lowest BCUT2D eigenvalue weighted by Gasteiger charge is -2.02. The highest BCUT2D eigenvalue weighted by Gasteiger charge is 2.14. The molecule has 5 heteroatoms. The Labute approximate surface area is 98.7 Å². The predicted molar refractivity (Wildman–Crippen MR) is 62.6 cm³/mol. The lowest BCUT2D eigenvalue weighted by atomic mass is 10.1.